The summed E-state index contributed by atoms with van der Waals surface area (Å²) in [7, 11) is -3.12. The highest BCUT2D eigenvalue weighted by Crippen LogP contribution is 1.98. The molecule has 0 heterocycles. The van der Waals surface area contributed by atoms with E-state index in [1.165, 1.54) is 0 Å². The molecule has 0 unspecified atom stereocenters. The van der Waals surface area contributed by atoms with Crippen molar-refractivity contribution in [1.82, 2.24) is 0 Å². The normalized spacial score (nSPS) is 11.4. The van der Waals surface area contributed by atoms with Gasteiger partial charge in [0.15, 0.2) is 9.84 Å². The van der Waals surface area contributed by atoms with E-state index in [4.69, 9.17) is 16.7 Å². The lowest BCUT2D eigenvalue weighted by Gasteiger charge is -1.98. The number of carboxylic acids is 1. The molecule has 0 fully saturated rings. The number of rotatable bonds is 6. The van der Waals surface area contributed by atoms with Gasteiger partial charge in [-0.15, -0.1) is 11.6 Å². The lowest BCUT2D eigenvalue weighted by atomic mass is 10.3. The zero-order valence-corrected chi connectivity index (χ0v) is 8.07. The molecule has 4 nitrogen and oxygen atoms in total. The molecule has 0 amide bonds. The van der Waals surface area contributed by atoms with Crippen LogP contribution in [0.5, 0.6) is 0 Å². The first-order valence-electron chi connectivity index (χ1n) is 3.46. The van der Waals surface area contributed by atoms with Gasteiger partial charge in [0, 0.05) is 12.3 Å². The third kappa shape index (κ3) is 6.42. The summed E-state index contributed by atoms with van der Waals surface area (Å²) < 4.78 is 21.9. The average molecular weight is 215 g/mol. The van der Waals surface area contributed by atoms with Gasteiger partial charge in [0.05, 0.1) is 11.5 Å². The molecule has 0 saturated carbocycles. The van der Waals surface area contributed by atoms with Crippen LogP contribution in [0, 0.1) is 0 Å². The molecular formula is C6H11ClO4S. The largest absolute Gasteiger partial charge is 0.481 e. The third-order valence-corrected chi connectivity index (χ3v) is 3.38. The van der Waals surface area contributed by atoms with Gasteiger partial charge in [0.25, 0.3) is 0 Å². The summed E-state index contributed by atoms with van der Waals surface area (Å²) in [6.45, 7) is 0. The fourth-order valence-corrected chi connectivity index (χ4v) is 2.39. The number of carbonyl (C=O) groups is 1. The zero-order chi connectivity index (χ0) is 9.61. The average Bonchev–Trinajstić information content (AvgIpc) is 1.85. The predicted molar refractivity (Wildman–Crippen MR) is 46.2 cm³/mol. The van der Waals surface area contributed by atoms with E-state index in [0.717, 1.165) is 0 Å². The van der Waals surface area contributed by atoms with Crippen LogP contribution in [0.2, 0.25) is 0 Å². The minimum atomic E-state index is -3.12. The van der Waals surface area contributed by atoms with Gasteiger partial charge in [-0.25, -0.2) is 8.42 Å². The van der Waals surface area contributed by atoms with Crippen molar-refractivity contribution in [2.24, 2.45) is 0 Å². The van der Waals surface area contributed by atoms with Crippen LogP contribution < -0.4 is 0 Å². The molecule has 0 spiro atoms. The van der Waals surface area contributed by atoms with E-state index in [1.807, 2.05) is 0 Å². The fraction of sp³-hybridized carbons (Fsp3) is 0.833. The van der Waals surface area contributed by atoms with Crippen molar-refractivity contribution >= 4 is 27.4 Å². The third-order valence-electron chi connectivity index (χ3n) is 1.23. The van der Waals surface area contributed by atoms with Gasteiger partial charge >= 0.3 is 5.97 Å². The molecule has 0 aliphatic heterocycles. The fourth-order valence-electron chi connectivity index (χ4n) is 0.663. The molecule has 0 bridgehead atoms. The van der Waals surface area contributed by atoms with Crippen LogP contribution in [-0.2, 0) is 14.6 Å². The lowest BCUT2D eigenvalue weighted by Crippen LogP contribution is -2.13. The van der Waals surface area contributed by atoms with Gasteiger partial charge in [-0.3, -0.25) is 4.79 Å². The van der Waals surface area contributed by atoms with Gasteiger partial charge in [0.1, 0.15) is 0 Å². The van der Waals surface area contributed by atoms with E-state index in [2.05, 4.69) is 0 Å². The Morgan fingerprint density at radius 1 is 1.33 bits per heavy atom. The Balaban J connectivity index is 3.69. The lowest BCUT2D eigenvalue weighted by molar-refractivity contribution is -0.137. The molecule has 6 heteroatoms. The molecular weight excluding hydrogens is 204 g/mol. The van der Waals surface area contributed by atoms with Crippen LogP contribution in [0.25, 0.3) is 0 Å². The Bertz CT molecular complexity index is 234. The number of sulfone groups is 1. The molecule has 0 radical (unpaired) electrons. The van der Waals surface area contributed by atoms with E-state index in [0.29, 0.717) is 0 Å². The van der Waals surface area contributed by atoms with Crippen molar-refractivity contribution in [3.8, 4) is 0 Å². The summed E-state index contributed by atoms with van der Waals surface area (Å²) in [4.78, 5) is 10.0. The maximum Gasteiger partial charge on any atom is 0.303 e. The summed E-state index contributed by atoms with van der Waals surface area (Å²) in [5, 5.41) is 8.22. The summed E-state index contributed by atoms with van der Waals surface area (Å²) in [5.74, 6) is -1.08. The number of hydrogen-bond acceptors (Lipinski definition) is 3. The molecule has 0 aliphatic carbocycles. The Kier molecular flexibility index (Phi) is 5.24. The highest BCUT2D eigenvalue weighted by atomic mass is 35.5. The van der Waals surface area contributed by atoms with E-state index >= 15 is 0 Å². The predicted octanol–water partition coefficient (Wildman–Crippen LogP) is 0.505. The van der Waals surface area contributed by atoms with Gasteiger partial charge in [-0.05, 0) is 6.42 Å². The van der Waals surface area contributed by atoms with Crippen LogP contribution >= 0.6 is 11.6 Å². The van der Waals surface area contributed by atoms with Crippen molar-refractivity contribution in [1.29, 1.82) is 0 Å². The van der Waals surface area contributed by atoms with Crippen LogP contribution in [0.1, 0.15) is 12.8 Å². The van der Waals surface area contributed by atoms with Crippen molar-refractivity contribution in [3.63, 3.8) is 0 Å². The molecule has 0 saturated heterocycles. The Hall–Kier alpha value is -0.290. The van der Waals surface area contributed by atoms with Crippen molar-refractivity contribution < 1.29 is 18.3 Å². The Morgan fingerprint density at radius 3 is 2.33 bits per heavy atom. The minimum absolute atomic E-state index is 0.0649. The zero-order valence-electron chi connectivity index (χ0n) is 6.49. The monoisotopic (exact) mass is 214 g/mol. The minimum Gasteiger partial charge on any atom is -0.481 e. The number of alkyl halides is 1. The van der Waals surface area contributed by atoms with Gasteiger partial charge < -0.3 is 5.11 Å². The van der Waals surface area contributed by atoms with Crippen LogP contribution in [0.15, 0.2) is 0 Å². The molecule has 0 aliphatic rings. The summed E-state index contributed by atoms with van der Waals surface area (Å²) in [6, 6.07) is 0. The topological polar surface area (TPSA) is 71.4 Å². The summed E-state index contributed by atoms with van der Waals surface area (Å²) in [6.07, 6.45) is 0.0517. The summed E-state index contributed by atoms with van der Waals surface area (Å²) >= 11 is 5.23. The maximum atomic E-state index is 10.9. The van der Waals surface area contributed by atoms with Crippen molar-refractivity contribution in [2.45, 2.75) is 12.8 Å². The van der Waals surface area contributed by atoms with Gasteiger partial charge in [-0.2, -0.15) is 0 Å². The molecule has 0 aromatic carbocycles. The molecule has 72 valence electrons. The second kappa shape index (κ2) is 5.37. The molecule has 0 rings (SSSR count). The summed E-state index contributed by atoms with van der Waals surface area (Å²) in [5.41, 5.74) is 0. The molecule has 1 N–H and O–H groups in total. The van der Waals surface area contributed by atoms with E-state index in [-0.39, 0.29) is 30.2 Å². The smallest absolute Gasteiger partial charge is 0.303 e. The van der Waals surface area contributed by atoms with E-state index in [9.17, 15) is 13.2 Å². The second-order valence-electron chi connectivity index (χ2n) is 2.34. The number of carboxylic acid groups (broad SMARTS) is 1. The number of halogens is 1. The number of hydrogen-bond donors (Lipinski definition) is 1. The van der Waals surface area contributed by atoms with E-state index in [1.54, 1.807) is 0 Å². The first kappa shape index (κ1) is 11.7. The van der Waals surface area contributed by atoms with Crippen LogP contribution in [-0.4, -0.2) is 36.9 Å². The van der Waals surface area contributed by atoms with Crippen LogP contribution in [0.3, 0.4) is 0 Å². The second-order valence-corrected chi connectivity index (χ2v) is 5.02. The van der Waals surface area contributed by atoms with Crippen molar-refractivity contribution in [3.05, 3.63) is 0 Å². The standard InChI is InChI=1S/C6H11ClO4S/c7-3-5-12(10,11)4-1-2-6(8)9/h1-5H2,(H,8,9). The maximum absolute atomic E-state index is 10.9. The number of aliphatic carboxylic acids is 1. The SMILES string of the molecule is O=C(O)CCCS(=O)(=O)CCCl. The Morgan fingerprint density at radius 2 is 1.92 bits per heavy atom. The van der Waals surface area contributed by atoms with Crippen LogP contribution in [0.4, 0.5) is 0 Å². The Labute approximate surface area is 76.4 Å². The first-order valence-corrected chi connectivity index (χ1v) is 5.82. The molecule has 0 aromatic heterocycles. The van der Waals surface area contributed by atoms with Gasteiger partial charge in [-0.1, -0.05) is 0 Å². The van der Waals surface area contributed by atoms with E-state index < -0.39 is 15.8 Å². The quantitative estimate of drug-likeness (QED) is 0.654. The highest BCUT2D eigenvalue weighted by Gasteiger charge is 2.10. The molecule has 12 heavy (non-hydrogen) atoms. The molecule has 0 atom stereocenters. The highest BCUT2D eigenvalue weighted by molar-refractivity contribution is 7.91. The van der Waals surface area contributed by atoms with Gasteiger partial charge in [0.2, 0.25) is 0 Å². The first-order chi connectivity index (χ1) is 5.48. The van der Waals surface area contributed by atoms with Crippen molar-refractivity contribution in [2.75, 3.05) is 17.4 Å². The molecule has 0 aromatic rings.